The zero-order chi connectivity index (χ0) is 5.66. The maximum Gasteiger partial charge on any atom is 0.0515 e. The average Bonchev–Trinajstić information content (AvgIpc) is 1.62. The van der Waals surface area contributed by atoms with Crippen molar-refractivity contribution in [3.63, 3.8) is 0 Å². The first-order valence-electron chi connectivity index (χ1n) is 2.12. The number of hydrogen-bond acceptors (Lipinski definition) is 4. The molecule has 0 aliphatic carbocycles. The first-order chi connectivity index (χ1) is 4.00. The van der Waals surface area contributed by atoms with Gasteiger partial charge in [-0.2, -0.15) is 9.90 Å². The van der Waals surface area contributed by atoms with Crippen molar-refractivity contribution < 1.29 is 0 Å². The third-order valence-corrected chi connectivity index (χ3v) is 0.560. The minimum Gasteiger partial charge on any atom is -0.153 e. The Labute approximate surface area is 56.1 Å². The number of rotatable bonds is 0. The van der Waals surface area contributed by atoms with E-state index in [-0.39, 0.29) is 9.90 Å². The minimum absolute atomic E-state index is 0. The highest BCUT2D eigenvalue weighted by Gasteiger charge is 1.68. The van der Waals surface area contributed by atoms with Gasteiger partial charge in [-0.1, -0.05) is 0 Å². The summed E-state index contributed by atoms with van der Waals surface area (Å²) in [6.07, 6.45) is 6.52. The largest absolute Gasteiger partial charge is 0.153 e. The molecule has 0 N–H and O–H groups in total. The highest BCUT2D eigenvalue weighted by atomic mass is 31.0. The molecule has 0 saturated carbocycles. The fourth-order valence-corrected chi connectivity index (χ4v) is 0.282. The summed E-state index contributed by atoms with van der Waals surface area (Å²) < 4.78 is 0. The average molecular weight is 142 g/mol. The van der Waals surface area contributed by atoms with Gasteiger partial charge in [0, 0.05) is 0 Å². The number of allylic oxidation sites excluding steroid dienone is 2. The molecular weight excluding hydrogens is 135 g/mol. The van der Waals surface area contributed by atoms with Gasteiger partial charge in [-0.15, -0.1) is 10.2 Å². The smallest absolute Gasteiger partial charge is 0.0515 e. The normalized spacial score (nSPS) is 14.2. The van der Waals surface area contributed by atoms with E-state index in [0.29, 0.717) is 0 Å². The number of nitrogens with zero attached hydrogens (tertiary/aromatic N) is 4. The van der Waals surface area contributed by atoms with Crippen LogP contribution in [0.25, 0.3) is 0 Å². The Balaban J connectivity index is 0.000000640. The first-order valence-corrected chi connectivity index (χ1v) is 2.12. The molecule has 0 radical (unpaired) electrons. The van der Waals surface area contributed by atoms with Crippen LogP contribution in [0.3, 0.4) is 0 Å². The lowest BCUT2D eigenvalue weighted by Gasteiger charge is -1.75. The molecule has 48 valence electrons. The Kier molecular flexibility index (Phi) is 4.73. The molecule has 9 heavy (non-hydrogen) atoms. The third kappa shape index (κ3) is 3.67. The monoisotopic (exact) mass is 142 g/mol. The van der Waals surface area contributed by atoms with E-state index in [1.807, 2.05) is 0 Å². The van der Waals surface area contributed by atoms with Crippen LogP contribution >= 0.6 is 9.90 Å². The van der Waals surface area contributed by atoms with Gasteiger partial charge < -0.3 is 0 Å². The van der Waals surface area contributed by atoms with Crippen molar-refractivity contribution in [2.45, 2.75) is 0 Å². The predicted molar refractivity (Wildman–Crippen MR) is 39.1 cm³/mol. The Morgan fingerprint density at radius 1 is 0.778 bits per heavy atom. The molecule has 0 bridgehead atoms. The van der Waals surface area contributed by atoms with Crippen molar-refractivity contribution in [2.75, 3.05) is 0 Å². The van der Waals surface area contributed by atoms with Gasteiger partial charge in [0.1, 0.15) is 0 Å². The van der Waals surface area contributed by atoms with Gasteiger partial charge >= 0.3 is 0 Å². The summed E-state index contributed by atoms with van der Waals surface area (Å²) in [6.45, 7) is 0. The lowest BCUT2D eigenvalue weighted by molar-refractivity contribution is 0.947. The van der Waals surface area contributed by atoms with Crippen LogP contribution < -0.4 is 0 Å². The van der Waals surface area contributed by atoms with Crippen molar-refractivity contribution in [3.05, 3.63) is 24.6 Å². The van der Waals surface area contributed by atoms with Crippen LogP contribution in [-0.4, -0.2) is 0 Å². The predicted octanol–water partition coefficient (Wildman–Crippen LogP) is 1.90. The summed E-state index contributed by atoms with van der Waals surface area (Å²) in [7, 11) is 0. The molecule has 0 aromatic rings. The van der Waals surface area contributed by atoms with E-state index >= 15 is 0 Å². The maximum absolute atomic E-state index is 3.46. The van der Waals surface area contributed by atoms with Crippen molar-refractivity contribution in [1.29, 1.82) is 0 Å². The fourth-order valence-electron chi connectivity index (χ4n) is 0.282. The van der Waals surface area contributed by atoms with Crippen molar-refractivity contribution in [2.24, 2.45) is 20.7 Å². The second-order valence-corrected chi connectivity index (χ2v) is 1.09. The third-order valence-electron chi connectivity index (χ3n) is 0.560. The van der Waals surface area contributed by atoms with Gasteiger partial charge in [-0.05, 0) is 22.6 Å². The zero-order valence-electron chi connectivity index (χ0n) is 4.81. The molecule has 0 aromatic heterocycles. The Hall–Kier alpha value is -0.890. The van der Waals surface area contributed by atoms with Crippen molar-refractivity contribution in [1.82, 2.24) is 0 Å². The van der Waals surface area contributed by atoms with E-state index in [4.69, 9.17) is 0 Å². The van der Waals surface area contributed by atoms with Crippen molar-refractivity contribution in [3.8, 4) is 0 Å². The van der Waals surface area contributed by atoms with E-state index in [1.54, 1.807) is 12.2 Å². The van der Waals surface area contributed by atoms with E-state index < -0.39 is 0 Å². The van der Waals surface area contributed by atoms with E-state index in [1.165, 1.54) is 12.4 Å². The molecule has 1 atom stereocenters. The van der Waals surface area contributed by atoms with Gasteiger partial charge in [0.2, 0.25) is 0 Å². The lowest BCUT2D eigenvalue weighted by atomic mass is 10.6. The lowest BCUT2D eigenvalue weighted by Crippen LogP contribution is -1.54. The molecule has 0 fully saturated rings. The van der Waals surface area contributed by atoms with Gasteiger partial charge in [0.15, 0.2) is 0 Å². The van der Waals surface area contributed by atoms with Crippen molar-refractivity contribution >= 4 is 9.90 Å². The molecule has 1 rings (SSSR count). The standard InChI is InChI=1S/C4H4N4.H3P/c1-2-4-6-8-7-5-3-1;/h1-4H;1H3. The Bertz CT molecular complexity index is 113. The summed E-state index contributed by atoms with van der Waals surface area (Å²) in [6, 6.07) is 0. The topological polar surface area (TPSA) is 49.4 Å². The second-order valence-electron chi connectivity index (χ2n) is 1.09. The SMILES string of the molecule is C1=CN=NN=NC=C1.P. The molecule has 1 aliphatic heterocycles. The molecule has 1 aliphatic rings. The quantitative estimate of drug-likeness (QED) is 0.464. The molecule has 0 amide bonds. The summed E-state index contributed by atoms with van der Waals surface area (Å²) >= 11 is 0. The fraction of sp³-hybridized carbons (Fsp3) is 0. The molecule has 0 spiro atoms. The maximum atomic E-state index is 3.46. The van der Waals surface area contributed by atoms with Crippen LogP contribution in [0.1, 0.15) is 0 Å². The molecule has 1 unspecified atom stereocenters. The zero-order valence-corrected chi connectivity index (χ0v) is 6.22. The van der Waals surface area contributed by atoms with Gasteiger partial charge in [-0.3, -0.25) is 0 Å². The van der Waals surface area contributed by atoms with E-state index in [9.17, 15) is 0 Å². The van der Waals surface area contributed by atoms with Crippen LogP contribution in [0.4, 0.5) is 0 Å². The van der Waals surface area contributed by atoms with E-state index in [2.05, 4.69) is 20.7 Å². The Morgan fingerprint density at radius 3 is 1.67 bits per heavy atom. The molecule has 1 heterocycles. The molecule has 4 nitrogen and oxygen atoms in total. The molecule has 0 aromatic carbocycles. The van der Waals surface area contributed by atoms with E-state index in [0.717, 1.165) is 0 Å². The first kappa shape index (κ1) is 8.11. The summed E-state index contributed by atoms with van der Waals surface area (Å²) in [5.74, 6) is 0. The molecule has 5 heteroatoms. The van der Waals surface area contributed by atoms with Gasteiger partial charge in [-0.25, -0.2) is 0 Å². The van der Waals surface area contributed by atoms with Crippen LogP contribution in [0.15, 0.2) is 45.2 Å². The van der Waals surface area contributed by atoms with Crippen LogP contribution in [0.2, 0.25) is 0 Å². The minimum atomic E-state index is 0. The summed E-state index contributed by atoms with van der Waals surface area (Å²) in [5, 5.41) is 13.5. The highest BCUT2D eigenvalue weighted by molar-refractivity contribution is 6.92. The molecule has 0 saturated heterocycles. The summed E-state index contributed by atoms with van der Waals surface area (Å²) in [5.41, 5.74) is 0. The van der Waals surface area contributed by atoms with Crippen LogP contribution in [0.5, 0.6) is 0 Å². The van der Waals surface area contributed by atoms with Gasteiger partial charge in [0.25, 0.3) is 0 Å². The molecular formula is C4H7N4P. The van der Waals surface area contributed by atoms with Gasteiger partial charge in [0.05, 0.1) is 12.4 Å². The van der Waals surface area contributed by atoms with Crippen LogP contribution in [-0.2, 0) is 0 Å². The van der Waals surface area contributed by atoms with Crippen LogP contribution in [0, 0.1) is 0 Å². The second kappa shape index (κ2) is 5.25. The number of hydrogen-bond donors (Lipinski definition) is 0. The summed E-state index contributed by atoms with van der Waals surface area (Å²) in [4.78, 5) is 0. The highest BCUT2D eigenvalue weighted by Crippen LogP contribution is 1.88. The Morgan fingerprint density at radius 2 is 1.22 bits per heavy atom.